The Hall–Kier alpha value is -4.02. The summed E-state index contributed by atoms with van der Waals surface area (Å²) in [7, 11) is 0. The molecule has 7 nitrogen and oxygen atoms in total. The summed E-state index contributed by atoms with van der Waals surface area (Å²) >= 11 is 0. The maximum atomic E-state index is 15.0. The molecule has 4 rings (SSSR count). The molecule has 0 atom stereocenters. The lowest BCUT2D eigenvalue weighted by molar-refractivity contribution is -0.115. The van der Waals surface area contributed by atoms with Crippen LogP contribution in [-0.2, 0) is 4.79 Å². The minimum absolute atomic E-state index is 0.0602. The fraction of sp³-hybridized carbons (Fsp3) is 0.100. The number of hydrogen-bond donors (Lipinski definition) is 1. The molecule has 1 N–H and O–H groups in total. The minimum Gasteiger partial charge on any atom is -0.454 e. The summed E-state index contributed by atoms with van der Waals surface area (Å²) in [6.45, 7) is 0.864. The van der Waals surface area contributed by atoms with Crippen molar-refractivity contribution in [3.63, 3.8) is 0 Å². The number of hydrogen-bond acceptors (Lipinski definition) is 6. The van der Waals surface area contributed by atoms with Gasteiger partial charge in [-0.3, -0.25) is 9.89 Å². The van der Waals surface area contributed by atoms with E-state index in [0.29, 0.717) is 17.1 Å². The molecular formula is C20H13F4N5O2. The molecule has 0 bridgehead atoms. The van der Waals surface area contributed by atoms with Crippen LogP contribution in [0, 0.1) is 23.3 Å². The highest BCUT2D eigenvalue weighted by Gasteiger charge is 2.25. The molecule has 11 heteroatoms. The van der Waals surface area contributed by atoms with Gasteiger partial charge in [-0.15, -0.1) is 0 Å². The van der Waals surface area contributed by atoms with Crippen LogP contribution in [0.15, 0.2) is 42.9 Å². The number of carbonyl (C=O) groups excluding carboxylic acids is 1. The first-order valence-corrected chi connectivity index (χ1v) is 8.86. The van der Waals surface area contributed by atoms with Gasteiger partial charge in [-0.1, -0.05) is 0 Å². The summed E-state index contributed by atoms with van der Waals surface area (Å²) in [5.74, 6) is -5.14. The summed E-state index contributed by atoms with van der Waals surface area (Å²) in [6.07, 6.45) is 2.52. The second kappa shape index (κ2) is 8.01. The van der Waals surface area contributed by atoms with Crippen molar-refractivity contribution in [2.45, 2.75) is 6.92 Å². The number of aromatic amines is 1. The maximum absolute atomic E-state index is 15.0. The average Bonchev–Trinajstić information content (AvgIpc) is 3.17. The number of H-pyrrole nitrogens is 1. The Labute approximate surface area is 172 Å². The van der Waals surface area contributed by atoms with Crippen molar-refractivity contribution in [2.75, 3.05) is 11.4 Å². The van der Waals surface area contributed by atoms with Gasteiger partial charge < -0.3 is 9.64 Å². The van der Waals surface area contributed by atoms with Crippen LogP contribution in [0.4, 0.5) is 29.1 Å². The van der Waals surface area contributed by atoms with E-state index in [-0.39, 0.29) is 17.4 Å². The maximum Gasteiger partial charge on any atom is 0.168 e. The molecule has 0 fully saturated rings. The number of ether oxygens (including phenoxy) is 1. The van der Waals surface area contributed by atoms with Gasteiger partial charge in [0.1, 0.15) is 35.2 Å². The Morgan fingerprint density at radius 3 is 2.48 bits per heavy atom. The number of aromatic nitrogens is 4. The highest BCUT2D eigenvalue weighted by atomic mass is 19.1. The van der Waals surface area contributed by atoms with Crippen molar-refractivity contribution >= 4 is 28.3 Å². The fourth-order valence-electron chi connectivity index (χ4n) is 2.99. The topological polar surface area (TPSA) is 84.0 Å². The summed E-state index contributed by atoms with van der Waals surface area (Å²) in [4.78, 5) is 20.9. The monoisotopic (exact) mass is 431 g/mol. The molecule has 2 aromatic heterocycles. The number of halogens is 4. The van der Waals surface area contributed by atoms with E-state index in [1.807, 2.05) is 0 Å². The minimum atomic E-state index is -1.09. The summed E-state index contributed by atoms with van der Waals surface area (Å²) in [5.41, 5.74) is -0.255. The number of nitrogens with zero attached hydrogens (tertiary/aromatic N) is 4. The first kappa shape index (κ1) is 20.3. The van der Waals surface area contributed by atoms with E-state index in [1.165, 1.54) is 13.1 Å². The molecule has 0 saturated heterocycles. The van der Waals surface area contributed by atoms with Crippen molar-refractivity contribution in [3.05, 3.63) is 66.1 Å². The number of Topliss-reactive ketones (excluding diaryl/α,β-unsaturated/α-hetero) is 1. The molecule has 0 aliphatic rings. The number of carbonyl (C=O) groups is 1. The van der Waals surface area contributed by atoms with Gasteiger partial charge in [-0.25, -0.2) is 27.5 Å². The summed E-state index contributed by atoms with van der Waals surface area (Å²) in [6, 6.07) is 4.16. The molecule has 4 aromatic rings. The van der Waals surface area contributed by atoms with Crippen molar-refractivity contribution in [2.24, 2.45) is 0 Å². The van der Waals surface area contributed by atoms with Gasteiger partial charge in [-0.2, -0.15) is 5.10 Å². The molecular weight excluding hydrogens is 418 g/mol. The molecule has 0 saturated carbocycles. The van der Waals surface area contributed by atoms with Crippen LogP contribution in [0.2, 0.25) is 0 Å². The van der Waals surface area contributed by atoms with E-state index in [2.05, 4.69) is 20.2 Å². The highest BCUT2D eigenvalue weighted by molar-refractivity contribution is 5.92. The Morgan fingerprint density at radius 1 is 1.06 bits per heavy atom. The fourth-order valence-corrected chi connectivity index (χ4v) is 2.99. The van der Waals surface area contributed by atoms with Gasteiger partial charge >= 0.3 is 0 Å². The van der Waals surface area contributed by atoms with Gasteiger partial charge in [0.15, 0.2) is 28.8 Å². The molecule has 2 aromatic carbocycles. The molecule has 0 aliphatic heterocycles. The van der Waals surface area contributed by atoms with E-state index in [0.717, 1.165) is 35.5 Å². The Bertz CT molecular complexity index is 1270. The van der Waals surface area contributed by atoms with Crippen molar-refractivity contribution < 1.29 is 27.1 Å². The van der Waals surface area contributed by atoms with Crippen LogP contribution in [0.5, 0.6) is 11.5 Å². The first-order chi connectivity index (χ1) is 14.8. The Balaban J connectivity index is 1.77. The first-order valence-electron chi connectivity index (χ1n) is 8.86. The van der Waals surface area contributed by atoms with E-state index in [1.54, 1.807) is 0 Å². The quantitative estimate of drug-likeness (QED) is 0.455. The standard InChI is InChI=1S/C20H13F4N5O2/c1-10(30)8-29(20-13-7-27-28-19(13)25-9-26-20)18-15(23)5-12(6-16(18)24)31-17-3-2-11(21)4-14(17)22/h2-7,9H,8H2,1H3,(H,25,26,27,28). The third-order valence-electron chi connectivity index (χ3n) is 4.25. The molecule has 0 amide bonds. The van der Waals surface area contributed by atoms with Crippen molar-refractivity contribution in [1.29, 1.82) is 0 Å². The average molecular weight is 431 g/mol. The van der Waals surface area contributed by atoms with Crippen LogP contribution in [-0.4, -0.2) is 32.5 Å². The van der Waals surface area contributed by atoms with E-state index in [9.17, 15) is 22.4 Å². The highest BCUT2D eigenvalue weighted by Crippen LogP contribution is 2.36. The van der Waals surface area contributed by atoms with Crippen LogP contribution in [0.25, 0.3) is 11.0 Å². The third kappa shape index (κ3) is 4.02. The SMILES string of the molecule is CC(=O)CN(c1c(F)cc(Oc2ccc(F)cc2F)cc1F)c1ncnc2[nH]ncc12. The number of benzene rings is 2. The van der Waals surface area contributed by atoms with E-state index in [4.69, 9.17) is 4.74 Å². The Kier molecular flexibility index (Phi) is 5.24. The van der Waals surface area contributed by atoms with Gasteiger partial charge in [-0.05, 0) is 19.1 Å². The van der Waals surface area contributed by atoms with Crippen LogP contribution >= 0.6 is 0 Å². The molecule has 0 aliphatic carbocycles. The Morgan fingerprint density at radius 2 is 1.81 bits per heavy atom. The number of fused-ring (bicyclic) bond motifs is 1. The molecule has 0 radical (unpaired) electrons. The lowest BCUT2D eigenvalue weighted by Crippen LogP contribution is -2.26. The van der Waals surface area contributed by atoms with E-state index < -0.39 is 41.3 Å². The van der Waals surface area contributed by atoms with E-state index >= 15 is 0 Å². The summed E-state index contributed by atoms with van der Waals surface area (Å²) in [5, 5.41) is 6.78. The smallest absolute Gasteiger partial charge is 0.168 e. The second-order valence-electron chi connectivity index (χ2n) is 6.53. The van der Waals surface area contributed by atoms with Gasteiger partial charge in [0.05, 0.1) is 18.1 Å². The molecule has 0 unspecified atom stereocenters. The van der Waals surface area contributed by atoms with Crippen molar-refractivity contribution in [3.8, 4) is 11.5 Å². The zero-order valence-corrected chi connectivity index (χ0v) is 15.9. The number of rotatable bonds is 6. The molecule has 2 heterocycles. The lowest BCUT2D eigenvalue weighted by atomic mass is 10.2. The summed E-state index contributed by atoms with van der Waals surface area (Å²) < 4.78 is 62.0. The largest absolute Gasteiger partial charge is 0.454 e. The van der Waals surface area contributed by atoms with Crippen molar-refractivity contribution in [1.82, 2.24) is 20.2 Å². The van der Waals surface area contributed by atoms with Gasteiger partial charge in [0.25, 0.3) is 0 Å². The third-order valence-corrected chi connectivity index (χ3v) is 4.25. The number of ketones is 1. The normalized spacial score (nSPS) is 11.0. The number of nitrogens with one attached hydrogen (secondary N) is 1. The molecule has 0 spiro atoms. The second-order valence-corrected chi connectivity index (χ2v) is 6.53. The zero-order valence-electron chi connectivity index (χ0n) is 15.9. The van der Waals surface area contributed by atoms with Crippen LogP contribution in [0.3, 0.4) is 0 Å². The van der Waals surface area contributed by atoms with Gasteiger partial charge in [0, 0.05) is 18.2 Å². The number of anilines is 2. The predicted octanol–water partition coefficient (Wildman–Crippen LogP) is 4.43. The zero-order chi connectivity index (χ0) is 22.1. The van der Waals surface area contributed by atoms with Crippen LogP contribution in [0.1, 0.15) is 6.92 Å². The molecule has 31 heavy (non-hydrogen) atoms. The molecule has 158 valence electrons. The van der Waals surface area contributed by atoms with Crippen LogP contribution < -0.4 is 9.64 Å². The lowest BCUT2D eigenvalue weighted by Gasteiger charge is -2.24. The predicted molar refractivity (Wildman–Crippen MR) is 102 cm³/mol. The van der Waals surface area contributed by atoms with Gasteiger partial charge in [0.2, 0.25) is 0 Å².